The molecule has 29 heavy (non-hydrogen) atoms. The van der Waals surface area contributed by atoms with Crippen LogP contribution in [0, 0.1) is 11.7 Å². The SMILES string of the molecule is COc1cnc(C(=O)Nc2ccc(F)c([C@]34C[C@H](F)C[C@H]3CSC(N)=N4)c2)cn1. The van der Waals surface area contributed by atoms with Crippen molar-refractivity contribution in [2.24, 2.45) is 16.6 Å². The Morgan fingerprint density at radius 1 is 1.38 bits per heavy atom. The van der Waals surface area contributed by atoms with Crippen LogP contribution >= 0.6 is 11.8 Å². The molecule has 1 amide bonds. The van der Waals surface area contributed by atoms with Gasteiger partial charge in [-0.3, -0.25) is 9.79 Å². The molecule has 2 aliphatic rings. The maximum Gasteiger partial charge on any atom is 0.275 e. The minimum Gasteiger partial charge on any atom is -0.480 e. The van der Waals surface area contributed by atoms with Crippen LogP contribution in [-0.2, 0) is 5.54 Å². The number of hydrogen-bond donors (Lipinski definition) is 2. The number of aliphatic imine (C=N–C) groups is 1. The van der Waals surface area contributed by atoms with Crippen molar-refractivity contribution in [2.45, 2.75) is 24.6 Å². The number of ether oxygens (including phenoxy) is 1. The van der Waals surface area contributed by atoms with Crippen molar-refractivity contribution in [3.05, 3.63) is 47.7 Å². The average molecular weight is 419 g/mol. The summed E-state index contributed by atoms with van der Waals surface area (Å²) in [5, 5.41) is 2.99. The third-order valence-electron chi connectivity index (χ3n) is 5.25. The van der Waals surface area contributed by atoms with Crippen LogP contribution in [0.5, 0.6) is 5.88 Å². The zero-order chi connectivity index (χ0) is 20.6. The fourth-order valence-electron chi connectivity index (χ4n) is 3.91. The normalized spacial score (nSPS) is 25.8. The number of alkyl halides is 1. The number of halogens is 2. The highest BCUT2D eigenvalue weighted by molar-refractivity contribution is 8.13. The highest BCUT2D eigenvalue weighted by atomic mass is 32.2. The standard InChI is InChI=1S/C19H19F2N5O2S/c1-28-16-8-23-15(7-24-16)17(27)25-12-2-3-14(21)13(5-12)19-6-11(20)4-10(19)9-29-18(22)26-19/h2-3,5,7-8,10-11H,4,6,9H2,1H3,(H2,22,26)(H,25,27)/t10-,11+,19-/m0/s1. The number of nitrogens with two attached hydrogens (primary N) is 1. The lowest BCUT2D eigenvalue weighted by atomic mass is 9.81. The summed E-state index contributed by atoms with van der Waals surface area (Å²) < 4.78 is 34.0. The van der Waals surface area contributed by atoms with Gasteiger partial charge in [-0.1, -0.05) is 11.8 Å². The number of hydrogen-bond acceptors (Lipinski definition) is 7. The van der Waals surface area contributed by atoms with Gasteiger partial charge in [-0.2, -0.15) is 0 Å². The summed E-state index contributed by atoms with van der Waals surface area (Å²) in [6.45, 7) is 0. The first-order chi connectivity index (χ1) is 13.9. The van der Waals surface area contributed by atoms with E-state index in [9.17, 15) is 13.6 Å². The second-order valence-electron chi connectivity index (χ2n) is 7.01. The molecular weight excluding hydrogens is 400 g/mol. The molecule has 1 fully saturated rings. The predicted molar refractivity (Wildman–Crippen MR) is 106 cm³/mol. The lowest BCUT2D eigenvalue weighted by Crippen LogP contribution is -2.37. The van der Waals surface area contributed by atoms with Crippen molar-refractivity contribution in [1.82, 2.24) is 9.97 Å². The topological polar surface area (TPSA) is 102 Å². The molecule has 152 valence electrons. The number of carbonyl (C=O) groups excluding carboxylic acids is 1. The van der Waals surface area contributed by atoms with Gasteiger partial charge in [-0.15, -0.1) is 0 Å². The molecule has 0 spiro atoms. The molecule has 2 heterocycles. The van der Waals surface area contributed by atoms with E-state index in [4.69, 9.17) is 10.5 Å². The molecule has 0 unspecified atom stereocenters. The van der Waals surface area contributed by atoms with Crippen LogP contribution in [0.3, 0.4) is 0 Å². The molecule has 3 atom stereocenters. The van der Waals surface area contributed by atoms with E-state index in [-0.39, 0.29) is 29.5 Å². The fourth-order valence-corrected chi connectivity index (χ4v) is 4.92. The van der Waals surface area contributed by atoms with Crippen LogP contribution in [0.25, 0.3) is 0 Å². The van der Waals surface area contributed by atoms with Crippen molar-refractivity contribution in [3.63, 3.8) is 0 Å². The van der Waals surface area contributed by atoms with Gasteiger partial charge in [0.05, 0.1) is 25.0 Å². The van der Waals surface area contributed by atoms with Crippen LogP contribution in [0.1, 0.15) is 28.9 Å². The lowest BCUT2D eigenvalue weighted by molar-refractivity contribution is 0.102. The Balaban J connectivity index is 1.65. The first-order valence-corrected chi connectivity index (χ1v) is 9.99. The highest BCUT2D eigenvalue weighted by Gasteiger charge is 2.52. The summed E-state index contributed by atoms with van der Waals surface area (Å²) in [7, 11) is 1.44. The Kier molecular flexibility index (Phi) is 5.12. The first kappa shape index (κ1) is 19.6. The number of aromatic nitrogens is 2. The van der Waals surface area contributed by atoms with E-state index in [1.165, 1.54) is 49.5 Å². The van der Waals surface area contributed by atoms with Gasteiger partial charge in [0, 0.05) is 29.3 Å². The molecular formula is C19H19F2N5O2S. The molecule has 1 aromatic heterocycles. The van der Waals surface area contributed by atoms with Gasteiger partial charge in [-0.05, 0) is 24.6 Å². The van der Waals surface area contributed by atoms with Gasteiger partial charge in [0.1, 0.15) is 17.7 Å². The maximum atomic E-state index is 14.8. The minimum atomic E-state index is -1.08. The number of nitrogens with one attached hydrogen (secondary N) is 1. The average Bonchev–Trinajstić information content (AvgIpc) is 3.05. The van der Waals surface area contributed by atoms with Gasteiger partial charge in [0.25, 0.3) is 5.91 Å². The third kappa shape index (κ3) is 3.64. The molecule has 3 N–H and O–H groups in total. The molecule has 1 aromatic carbocycles. The van der Waals surface area contributed by atoms with Crippen LogP contribution in [0.4, 0.5) is 14.5 Å². The molecule has 7 nitrogen and oxygen atoms in total. The second kappa shape index (κ2) is 7.58. The molecule has 1 aliphatic heterocycles. The van der Waals surface area contributed by atoms with E-state index in [0.29, 0.717) is 23.0 Å². The molecule has 0 saturated heterocycles. The van der Waals surface area contributed by atoms with E-state index in [0.717, 1.165) is 0 Å². The molecule has 0 bridgehead atoms. The number of methoxy groups -OCH3 is 1. The molecule has 10 heteroatoms. The Bertz CT molecular complexity index is 972. The van der Waals surface area contributed by atoms with E-state index in [1.54, 1.807) is 0 Å². The van der Waals surface area contributed by atoms with Crippen molar-refractivity contribution in [3.8, 4) is 5.88 Å². The summed E-state index contributed by atoms with van der Waals surface area (Å²) >= 11 is 1.35. The van der Waals surface area contributed by atoms with Crippen molar-refractivity contribution in [2.75, 3.05) is 18.2 Å². The number of rotatable bonds is 4. The molecule has 0 radical (unpaired) electrons. The Labute approximate surface area is 170 Å². The van der Waals surface area contributed by atoms with Crippen LogP contribution in [0.15, 0.2) is 35.6 Å². The third-order valence-corrected chi connectivity index (χ3v) is 6.21. The highest BCUT2D eigenvalue weighted by Crippen LogP contribution is 2.52. The van der Waals surface area contributed by atoms with Gasteiger partial charge in [-0.25, -0.2) is 18.7 Å². The quantitative estimate of drug-likeness (QED) is 0.790. The van der Waals surface area contributed by atoms with Gasteiger partial charge >= 0.3 is 0 Å². The summed E-state index contributed by atoms with van der Waals surface area (Å²) in [6.07, 6.45) is 1.90. The van der Waals surface area contributed by atoms with Crippen molar-refractivity contribution in [1.29, 1.82) is 0 Å². The van der Waals surface area contributed by atoms with E-state index < -0.39 is 23.4 Å². The van der Waals surface area contributed by atoms with E-state index in [1.807, 2.05) is 0 Å². The van der Waals surface area contributed by atoms with Gasteiger partial charge < -0.3 is 15.8 Å². The van der Waals surface area contributed by atoms with Crippen LogP contribution in [0.2, 0.25) is 0 Å². The van der Waals surface area contributed by atoms with Crippen molar-refractivity contribution < 1.29 is 18.3 Å². The Hall–Kier alpha value is -2.75. The summed E-state index contributed by atoms with van der Waals surface area (Å²) in [5.41, 5.74) is 5.52. The molecule has 4 rings (SSSR count). The summed E-state index contributed by atoms with van der Waals surface area (Å²) in [6, 6.07) is 4.18. The molecule has 1 saturated carbocycles. The Morgan fingerprint density at radius 3 is 2.93 bits per heavy atom. The maximum absolute atomic E-state index is 14.8. The van der Waals surface area contributed by atoms with Crippen LogP contribution < -0.4 is 15.8 Å². The van der Waals surface area contributed by atoms with Gasteiger partial charge in [0.15, 0.2) is 5.17 Å². The van der Waals surface area contributed by atoms with Crippen LogP contribution in [-0.4, -0.2) is 40.1 Å². The minimum absolute atomic E-state index is 0.0667. The van der Waals surface area contributed by atoms with Crippen molar-refractivity contribution >= 4 is 28.5 Å². The first-order valence-electron chi connectivity index (χ1n) is 9.01. The van der Waals surface area contributed by atoms with Gasteiger partial charge in [0.2, 0.25) is 5.88 Å². The summed E-state index contributed by atoms with van der Waals surface area (Å²) in [5.74, 6) is -0.322. The number of amidine groups is 1. The number of thioether (sulfide) groups is 1. The van der Waals surface area contributed by atoms with E-state index >= 15 is 0 Å². The zero-order valence-corrected chi connectivity index (χ0v) is 16.4. The lowest BCUT2D eigenvalue weighted by Gasteiger charge is -2.35. The summed E-state index contributed by atoms with van der Waals surface area (Å²) in [4.78, 5) is 24.9. The largest absolute Gasteiger partial charge is 0.480 e. The zero-order valence-electron chi connectivity index (χ0n) is 15.6. The molecule has 2 aromatic rings. The number of carbonyl (C=O) groups is 1. The molecule has 1 aliphatic carbocycles. The number of benzene rings is 1. The Morgan fingerprint density at radius 2 is 2.21 bits per heavy atom. The fraction of sp³-hybridized carbons (Fsp3) is 0.368. The smallest absolute Gasteiger partial charge is 0.275 e. The van der Waals surface area contributed by atoms with E-state index in [2.05, 4.69) is 20.3 Å². The number of amides is 1. The predicted octanol–water partition coefficient (Wildman–Crippen LogP) is 2.88. The number of nitrogens with zero attached hydrogens (tertiary/aromatic N) is 3. The number of anilines is 1. The monoisotopic (exact) mass is 419 g/mol. The second-order valence-corrected chi connectivity index (χ2v) is 8.05. The number of fused-ring (bicyclic) bond motifs is 1.